The second kappa shape index (κ2) is 10.2. The predicted octanol–water partition coefficient (Wildman–Crippen LogP) is 5.30. The lowest BCUT2D eigenvalue weighted by molar-refractivity contribution is 0.0801. The third-order valence-electron chi connectivity index (χ3n) is 7.26. The maximum Gasteiger partial charge on any atom is 0.322 e. The monoisotopic (exact) mass is 495 g/mol. The van der Waals surface area contributed by atoms with Crippen molar-refractivity contribution in [3.05, 3.63) is 100 Å². The van der Waals surface area contributed by atoms with Gasteiger partial charge in [-0.05, 0) is 63.6 Å². The number of carbonyl (C=O) groups is 1. The summed E-state index contributed by atoms with van der Waals surface area (Å²) in [4.78, 5) is 36.0. The van der Waals surface area contributed by atoms with Gasteiger partial charge in [-0.15, -0.1) is 0 Å². The summed E-state index contributed by atoms with van der Waals surface area (Å²) >= 11 is 0. The molecular weight excluding hydrogens is 462 g/mol. The highest BCUT2D eigenvalue weighted by atomic mass is 16.2. The first kappa shape index (κ1) is 24.7. The summed E-state index contributed by atoms with van der Waals surface area (Å²) in [6.07, 6.45) is 0. The van der Waals surface area contributed by atoms with Crippen LogP contribution in [0.1, 0.15) is 36.8 Å². The van der Waals surface area contributed by atoms with Gasteiger partial charge in [0.25, 0.3) is 5.56 Å². The van der Waals surface area contributed by atoms with Gasteiger partial charge in [0.15, 0.2) is 0 Å². The van der Waals surface area contributed by atoms with E-state index >= 15 is 0 Å². The first-order valence-corrected chi connectivity index (χ1v) is 12.8. The summed E-state index contributed by atoms with van der Waals surface area (Å²) in [5.41, 5.74) is 4.45. The second-order valence-electron chi connectivity index (χ2n) is 9.93. The average Bonchev–Trinajstić information content (AvgIpc) is 2.89. The number of para-hydroxylation sites is 2. The number of benzene rings is 3. The molecule has 0 bridgehead atoms. The molecule has 1 fully saturated rings. The van der Waals surface area contributed by atoms with Crippen molar-refractivity contribution in [1.82, 2.24) is 19.4 Å². The summed E-state index contributed by atoms with van der Waals surface area (Å²) in [6, 6.07) is 23.0. The van der Waals surface area contributed by atoms with Gasteiger partial charge in [0, 0.05) is 31.4 Å². The van der Waals surface area contributed by atoms with E-state index in [1.807, 2.05) is 78.6 Å². The van der Waals surface area contributed by atoms with Crippen LogP contribution in [0.25, 0.3) is 16.6 Å². The van der Waals surface area contributed by atoms with Gasteiger partial charge in [0.2, 0.25) is 0 Å². The van der Waals surface area contributed by atoms with Crippen molar-refractivity contribution < 1.29 is 4.79 Å². The standard InChI is InChI=1S/C30H33N5O2/c1-20-14-15-27(21(2)18-20)35-28(32-26-13-9-8-12-25(26)29(35)36)23(4)33-16-17-34(22(3)19-33)30(37)31-24-10-6-5-7-11-24/h5-15,18,22-23H,16-17,19H2,1-4H3,(H,31,37). The fraction of sp³-hybridized carbons (Fsp3) is 0.300. The van der Waals surface area contributed by atoms with Gasteiger partial charge in [-0.3, -0.25) is 14.3 Å². The van der Waals surface area contributed by atoms with Crippen LogP contribution < -0.4 is 10.9 Å². The van der Waals surface area contributed by atoms with Gasteiger partial charge in [-0.25, -0.2) is 9.78 Å². The van der Waals surface area contributed by atoms with E-state index in [1.54, 1.807) is 4.57 Å². The molecule has 1 aromatic heterocycles. The molecule has 0 saturated carbocycles. The molecule has 2 amide bonds. The number of nitrogens with zero attached hydrogens (tertiary/aromatic N) is 4. The topological polar surface area (TPSA) is 70.5 Å². The molecule has 1 aliphatic rings. The number of urea groups is 1. The Balaban J connectivity index is 1.46. The molecule has 0 radical (unpaired) electrons. The lowest BCUT2D eigenvalue weighted by Gasteiger charge is -2.42. The van der Waals surface area contributed by atoms with E-state index in [0.29, 0.717) is 36.4 Å². The third-order valence-corrected chi connectivity index (χ3v) is 7.26. The highest BCUT2D eigenvalue weighted by Crippen LogP contribution is 2.27. The van der Waals surface area contributed by atoms with Crippen LogP contribution in [-0.2, 0) is 0 Å². The molecule has 7 heteroatoms. The number of rotatable bonds is 4. The Morgan fingerprint density at radius 2 is 1.73 bits per heavy atom. The number of aromatic nitrogens is 2. The zero-order valence-electron chi connectivity index (χ0n) is 21.8. The molecule has 1 aliphatic heterocycles. The molecule has 37 heavy (non-hydrogen) atoms. The van der Waals surface area contributed by atoms with E-state index in [9.17, 15) is 9.59 Å². The van der Waals surface area contributed by atoms with E-state index in [1.165, 1.54) is 0 Å². The van der Waals surface area contributed by atoms with E-state index in [-0.39, 0.29) is 23.7 Å². The van der Waals surface area contributed by atoms with Crippen LogP contribution in [0.5, 0.6) is 0 Å². The lowest BCUT2D eigenvalue weighted by Crippen LogP contribution is -2.55. The van der Waals surface area contributed by atoms with Crippen molar-refractivity contribution in [2.45, 2.75) is 39.8 Å². The first-order chi connectivity index (χ1) is 17.8. The van der Waals surface area contributed by atoms with Crippen LogP contribution in [0, 0.1) is 13.8 Å². The maximum atomic E-state index is 13.8. The van der Waals surface area contributed by atoms with E-state index < -0.39 is 0 Å². The number of aryl methyl sites for hydroxylation is 2. The van der Waals surface area contributed by atoms with Gasteiger partial charge in [0.1, 0.15) is 5.82 Å². The number of piperazine rings is 1. The molecule has 190 valence electrons. The number of fused-ring (bicyclic) bond motifs is 1. The number of hydrogen-bond donors (Lipinski definition) is 1. The Labute approximate surface area is 217 Å². The minimum Gasteiger partial charge on any atom is -0.319 e. The second-order valence-corrected chi connectivity index (χ2v) is 9.93. The molecule has 0 aliphatic carbocycles. The smallest absolute Gasteiger partial charge is 0.319 e. The molecule has 5 rings (SSSR count). The maximum absolute atomic E-state index is 13.8. The van der Waals surface area contributed by atoms with E-state index in [4.69, 9.17) is 4.98 Å². The lowest BCUT2D eigenvalue weighted by atomic mass is 10.1. The molecule has 2 unspecified atom stereocenters. The molecule has 2 heterocycles. The summed E-state index contributed by atoms with van der Waals surface area (Å²) in [7, 11) is 0. The Hall–Kier alpha value is -3.97. The normalized spacial score (nSPS) is 17.1. The first-order valence-electron chi connectivity index (χ1n) is 12.8. The van der Waals surface area contributed by atoms with Crippen LogP contribution in [0.4, 0.5) is 10.5 Å². The van der Waals surface area contributed by atoms with Crippen LogP contribution in [-0.4, -0.2) is 51.1 Å². The van der Waals surface area contributed by atoms with Crippen molar-refractivity contribution in [2.75, 3.05) is 25.0 Å². The summed E-state index contributed by atoms with van der Waals surface area (Å²) in [6.45, 7) is 10.2. The van der Waals surface area contributed by atoms with Gasteiger partial charge >= 0.3 is 6.03 Å². The number of nitrogens with one attached hydrogen (secondary N) is 1. The van der Waals surface area contributed by atoms with E-state index in [0.717, 1.165) is 22.5 Å². The zero-order chi connectivity index (χ0) is 26.1. The fourth-order valence-corrected chi connectivity index (χ4v) is 5.24. The third kappa shape index (κ3) is 4.87. The predicted molar refractivity (Wildman–Crippen MR) is 148 cm³/mol. The molecule has 4 aromatic rings. The van der Waals surface area contributed by atoms with Gasteiger partial charge in [0.05, 0.1) is 22.6 Å². The molecule has 7 nitrogen and oxygen atoms in total. The minimum atomic E-state index is -0.125. The van der Waals surface area contributed by atoms with Gasteiger partial charge in [-0.2, -0.15) is 0 Å². The number of hydrogen-bond acceptors (Lipinski definition) is 4. The Kier molecular flexibility index (Phi) is 6.80. The van der Waals surface area contributed by atoms with Crippen molar-refractivity contribution in [1.29, 1.82) is 0 Å². The van der Waals surface area contributed by atoms with Crippen LogP contribution in [0.3, 0.4) is 0 Å². The summed E-state index contributed by atoms with van der Waals surface area (Å²) < 4.78 is 1.78. The molecule has 1 saturated heterocycles. The Morgan fingerprint density at radius 1 is 1.00 bits per heavy atom. The number of amides is 2. The minimum absolute atomic E-state index is 0.00153. The molecule has 2 atom stereocenters. The molecular formula is C30H33N5O2. The Bertz CT molecular complexity index is 1500. The van der Waals surface area contributed by atoms with Gasteiger partial charge in [-0.1, -0.05) is 48.0 Å². The zero-order valence-corrected chi connectivity index (χ0v) is 21.8. The molecule has 3 aromatic carbocycles. The number of anilines is 1. The van der Waals surface area contributed by atoms with Crippen LogP contribution in [0.15, 0.2) is 77.6 Å². The quantitative estimate of drug-likeness (QED) is 0.417. The largest absolute Gasteiger partial charge is 0.322 e. The SMILES string of the molecule is Cc1ccc(-n2c(C(C)N3CCN(C(=O)Nc4ccccc4)C(C)C3)nc3ccccc3c2=O)c(C)c1. The fourth-order valence-electron chi connectivity index (χ4n) is 5.24. The Morgan fingerprint density at radius 3 is 2.46 bits per heavy atom. The highest BCUT2D eigenvalue weighted by molar-refractivity contribution is 5.89. The molecule has 0 spiro atoms. The molecule has 1 N–H and O–H groups in total. The average molecular weight is 496 g/mol. The van der Waals surface area contributed by atoms with Gasteiger partial charge < -0.3 is 10.2 Å². The highest BCUT2D eigenvalue weighted by Gasteiger charge is 2.32. The van der Waals surface area contributed by atoms with E-state index in [2.05, 4.69) is 37.1 Å². The van der Waals surface area contributed by atoms with Crippen molar-refractivity contribution in [2.24, 2.45) is 0 Å². The number of carbonyl (C=O) groups excluding carboxylic acids is 1. The van der Waals surface area contributed by atoms with Crippen molar-refractivity contribution >= 4 is 22.6 Å². The summed E-state index contributed by atoms with van der Waals surface area (Å²) in [5, 5.41) is 3.60. The van der Waals surface area contributed by atoms with Crippen LogP contribution >= 0.6 is 0 Å². The van der Waals surface area contributed by atoms with Crippen molar-refractivity contribution in [3.63, 3.8) is 0 Å². The van der Waals surface area contributed by atoms with Crippen molar-refractivity contribution in [3.8, 4) is 5.69 Å². The summed E-state index contributed by atoms with van der Waals surface area (Å²) in [5.74, 6) is 0.713. The van der Waals surface area contributed by atoms with Crippen LogP contribution in [0.2, 0.25) is 0 Å².